The molecule has 0 bridgehead atoms. The summed E-state index contributed by atoms with van der Waals surface area (Å²) in [6, 6.07) is 32.5. The summed E-state index contributed by atoms with van der Waals surface area (Å²) in [5.41, 5.74) is 11.9. The fourth-order valence-electron chi connectivity index (χ4n) is 9.04. The molecule has 0 radical (unpaired) electrons. The second kappa shape index (κ2) is 18.1. The molecule has 306 valence electrons. The second-order valence-corrected chi connectivity index (χ2v) is 16.8. The van der Waals surface area contributed by atoms with E-state index in [1.807, 2.05) is 121 Å². The molecule has 2 fully saturated rings. The van der Waals surface area contributed by atoms with E-state index in [9.17, 15) is 9.59 Å². The van der Waals surface area contributed by atoms with Crippen LogP contribution >= 0.6 is 0 Å². The lowest BCUT2D eigenvalue weighted by molar-refractivity contribution is -0.137. The highest BCUT2D eigenvalue weighted by Crippen LogP contribution is 2.36. The lowest BCUT2D eigenvalue weighted by atomic mass is 9.92. The van der Waals surface area contributed by atoms with E-state index in [1.54, 1.807) is 0 Å². The molecular formula is C50H59N7O2. The average molecular weight is 790 g/mol. The molecule has 1 N–H and O–H groups in total. The monoisotopic (exact) mass is 789 g/mol. The van der Waals surface area contributed by atoms with Crippen LogP contribution in [0.1, 0.15) is 91.3 Å². The Morgan fingerprint density at radius 1 is 0.746 bits per heavy atom. The summed E-state index contributed by atoms with van der Waals surface area (Å²) in [7, 11) is 7.87. The summed E-state index contributed by atoms with van der Waals surface area (Å²) in [6.07, 6.45) is 7.58. The van der Waals surface area contributed by atoms with E-state index in [2.05, 4.69) is 69.1 Å². The number of aliphatic imine (C=N–C) groups is 1. The number of aromatic amines is 1. The van der Waals surface area contributed by atoms with Crippen molar-refractivity contribution in [1.29, 1.82) is 0 Å². The highest BCUT2D eigenvalue weighted by atomic mass is 16.2. The van der Waals surface area contributed by atoms with Crippen molar-refractivity contribution in [3.8, 4) is 22.4 Å². The number of imidazole rings is 1. The first kappa shape index (κ1) is 41.5. The minimum atomic E-state index is -0.343. The number of hydrogen-bond donors (Lipinski definition) is 1. The number of carbonyl (C=O) groups is 2. The topological polar surface area (TPSA) is 88.1 Å². The van der Waals surface area contributed by atoms with Crippen LogP contribution < -0.4 is 0 Å². The molecule has 0 spiro atoms. The smallest absolute Gasteiger partial charge is 0.245 e. The van der Waals surface area contributed by atoms with Crippen molar-refractivity contribution in [1.82, 2.24) is 29.6 Å². The van der Waals surface area contributed by atoms with Gasteiger partial charge in [0.1, 0.15) is 17.9 Å². The largest absolute Gasteiger partial charge is 0.340 e. The number of aryl methyl sites for hydroxylation is 2. The lowest BCUT2D eigenvalue weighted by Gasteiger charge is -2.32. The van der Waals surface area contributed by atoms with Gasteiger partial charge in [0.15, 0.2) is 0 Å². The van der Waals surface area contributed by atoms with Crippen LogP contribution in [-0.2, 0) is 9.59 Å². The highest BCUT2D eigenvalue weighted by Gasteiger charge is 2.38. The number of hydrogen-bond acceptors (Lipinski definition) is 6. The van der Waals surface area contributed by atoms with Crippen LogP contribution in [0, 0.1) is 13.8 Å². The number of aromatic nitrogens is 2. The number of carbonyl (C=O) groups excluding carboxylic acids is 2. The van der Waals surface area contributed by atoms with Crippen LogP contribution in [-0.4, -0.2) is 94.4 Å². The van der Waals surface area contributed by atoms with Crippen molar-refractivity contribution in [2.45, 2.75) is 77.5 Å². The molecule has 0 aliphatic carbocycles. The Kier molecular flexibility index (Phi) is 12.7. The Morgan fingerprint density at radius 3 is 1.90 bits per heavy atom. The van der Waals surface area contributed by atoms with E-state index in [0.29, 0.717) is 0 Å². The highest BCUT2D eigenvalue weighted by molar-refractivity contribution is 5.94. The van der Waals surface area contributed by atoms with Crippen LogP contribution in [0.4, 0.5) is 0 Å². The standard InChI is InChI=1S/C50H59N7O2/c1-33-29-39(35(3)31-51-36(4)44-21-15-27-56(44)49(58)46(54(5)6)37-17-11-9-12-18-37)23-25-41(33)42-26-24-40(30-34(42)2)43-32-52-48(53-43)45-22-16-28-57(45)50(59)47(55(7)8)38-19-13-10-14-20-38/h9-14,17-20,23-26,29-32,44-47H,15-16,21-22,27-28H2,1-8H3,(H,52,53)/b35-31+,51-36?/t44-,45-,46+,47+/m0/s1. The van der Waals surface area contributed by atoms with E-state index in [4.69, 9.17) is 9.98 Å². The van der Waals surface area contributed by atoms with E-state index in [-0.39, 0.29) is 36.0 Å². The van der Waals surface area contributed by atoms with Gasteiger partial charge >= 0.3 is 0 Å². The van der Waals surface area contributed by atoms with Gasteiger partial charge in [0, 0.05) is 25.0 Å². The zero-order chi connectivity index (χ0) is 41.8. The molecule has 5 aromatic rings. The Balaban J connectivity index is 1.04. The van der Waals surface area contributed by atoms with Crippen LogP contribution in [0.3, 0.4) is 0 Å². The van der Waals surface area contributed by atoms with Gasteiger partial charge in [-0.05, 0) is 138 Å². The van der Waals surface area contributed by atoms with Crippen LogP contribution in [0.2, 0.25) is 0 Å². The number of nitrogens with one attached hydrogen (secondary N) is 1. The maximum Gasteiger partial charge on any atom is 0.245 e. The summed E-state index contributed by atoms with van der Waals surface area (Å²) in [6.45, 7) is 9.94. The van der Waals surface area contributed by atoms with Crippen LogP contribution in [0.15, 0.2) is 114 Å². The molecule has 7 rings (SSSR count). The predicted octanol–water partition coefficient (Wildman–Crippen LogP) is 9.44. The number of benzene rings is 4. The molecular weight excluding hydrogens is 731 g/mol. The summed E-state index contributed by atoms with van der Waals surface area (Å²) < 4.78 is 0. The Bertz CT molecular complexity index is 2330. The molecule has 2 amide bonds. The average Bonchev–Trinajstić information content (AvgIpc) is 4.03. The normalized spacial score (nSPS) is 18.5. The quantitative estimate of drug-likeness (QED) is 0.127. The van der Waals surface area contributed by atoms with E-state index in [0.717, 1.165) is 83.8 Å². The van der Waals surface area contributed by atoms with Gasteiger partial charge in [-0.3, -0.25) is 24.4 Å². The van der Waals surface area contributed by atoms with Crippen molar-refractivity contribution in [3.63, 3.8) is 0 Å². The third-order valence-corrected chi connectivity index (χ3v) is 12.2. The molecule has 2 aliphatic heterocycles. The minimum Gasteiger partial charge on any atom is -0.340 e. The van der Waals surface area contributed by atoms with Gasteiger partial charge in [-0.1, -0.05) is 91.0 Å². The maximum absolute atomic E-state index is 14.0. The summed E-state index contributed by atoms with van der Waals surface area (Å²) in [5, 5.41) is 0. The van der Waals surface area contributed by atoms with E-state index < -0.39 is 0 Å². The first-order valence-corrected chi connectivity index (χ1v) is 20.9. The Morgan fingerprint density at radius 2 is 1.31 bits per heavy atom. The van der Waals surface area contributed by atoms with Gasteiger partial charge in [-0.2, -0.15) is 0 Å². The molecule has 59 heavy (non-hydrogen) atoms. The number of allylic oxidation sites excluding steroid dienone is 1. The molecule has 1 aromatic heterocycles. The number of amides is 2. The van der Waals surface area contributed by atoms with Gasteiger partial charge in [0.25, 0.3) is 0 Å². The van der Waals surface area contributed by atoms with Crippen molar-refractivity contribution in [3.05, 3.63) is 143 Å². The molecule has 2 aliphatic rings. The Hall–Kier alpha value is -5.64. The number of likely N-dealkylation sites (N-methyl/N-ethyl adjacent to an activating group) is 2. The number of nitrogens with zero attached hydrogens (tertiary/aromatic N) is 6. The van der Waals surface area contributed by atoms with Gasteiger partial charge in [0.2, 0.25) is 11.8 Å². The molecule has 9 nitrogen and oxygen atoms in total. The van der Waals surface area contributed by atoms with E-state index in [1.165, 1.54) is 22.3 Å². The van der Waals surface area contributed by atoms with Crippen molar-refractivity contribution >= 4 is 23.1 Å². The lowest BCUT2D eigenvalue weighted by Crippen LogP contribution is -2.45. The summed E-state index contributed by atoms with van der Waals surface area (Å²) in [5.74, 6) is 1.07. The third-order valence-electron chi connectivity index (χ3n) is 12.2. The number of likely N-dealkylation sites (tertiary alicyclic amines) is 2. The van der Waals surface area contributed by atoms with Crippen LogP contribution in [0.5, 0.6) is 0 Å². The molecule has 3 heterocycles. The molecule has 4 aromatic carbocycles. The summed E-state index contributed by atoms with van der Waals surface area (Å²) in [4.78, 5) is 49.3. The maximum atomic E-state index is 14.0. The van der Waals surface area contributed by atoms with E-state index >= 15 is 0 Å². The summed E-state index contributed by atoms with van der Waals surface area (Å²) >= 11 is 0. The van der Waals surface area contributed by atoms with Gasteiger partial charge in [-0.15, -0.1) is 0 Å². The fourth-order valence-corrected chi connectivity index (χ4v) is 9.04. The SMILES string of the molecule is CC(=N/C=C(\C)c1ccc(-c2ccc(-c3cnc([C@@H]4CCCN4C(=O)[C@@H](c4ccccc4)N(C)C)[nH]3)cc2C)c(C)c1)[C@@H]1CCCN1C(=O)[C@@H](c1ccccc1)N(C)C. The second-order valence-electron chi connectivity index (χ2n) is 16.8. The molecule has 9 heteroatoms. The van der Waals surface area contributed by atoms with Crippen LogP contribution in [0.25, 0.3) is 28.0 Å². The molecule has 0 unspecified atom stereocenters. The molecule has 2 saturated heterocycles. The first-order chi connectivity index (χ1) is 28.4. The first-order valence-electron chi connectivity index (χ1n) is 20.9. The van der Waals surface area contributed by atoms with Gasteiger partial charge < -0.3 is 14.8 Å². The zero-order valence-electron chi connectivity index (χ0n) is 35.9. The van der Waals surface area contributed by atoms with Gasteiger partial charge in [-0.25, -0.2) is 4.98 Å². The Labute approximate surface area is 350 Å². The minimum absolute atomic E-state index is 0.0107. The third kappa shape index (κ3) is 8.87. The predicted molar refractivity (Wildman–Crippen MR) is 240 cm³/mol. The van der Waals surface area contributed by atoms with Crippen molar-refractivity contribution < 1.29 is 9.59 Å². The molecule has 4 atom stereocenters. The fraction of sp³-hybridized carbons (Fsp3) is 0.360. The zero-order valence-corrected chi connectivity index (χ0v) is 35.9. The van der Waals surface area contributed by atoms with Crippen molar-refractivity contribution in [2.24, 2.45) is 4.99 Å². The van der Waals surface area contributed by atoms with Crippen molar-refractivity contribution in [2.75, 3.05) is 41.3 Å². The van der Waals surface area contributed by atoms with Gasteiger partial charge in [0.05, 0.1) is 24.0 Å². The molecule has 0 saturated carbocycles. The number of H-pyrrole nitrogens is 1. The number of rotatable bonds is 12.